The minimum absolute atomic E-state index is 0.107. The van der Waals surface area contributed by atoms with Gasteiger partial charge in [-0.1, -0.05) is 0 Å². The van der Waals surface area contributed by atoms with Crippen molar-refractivity contribution in [3.63, 3.8) is 0 Å². The average molecular weight is 201 g/mol. The molecule has 4 heteroatoms. The first kappa shape index (κ1) is 11.3. The van der Waals surface area contributed by atoms with Crippen molar-refractivity contribution >= 4 is 6.09 Å². The molecule has 0 N–H and O–H groups in total. The van der Waals surface area contributed by atoms with E-state index < -0.39 is 5.60 Å². The summed E-state index contributed by atoms with van der Waals surface area (Å²) in [7, 11) is 1.71. The molecule has 1 rings (SSSR count). The maximum atomic E-state index is 11.6. The monoisotopic (exact) mass is 201 g/mol. The second kappa shape index (κ2) is 4.17. The maximum absolute atomic E-state index is 11.6. The molecule has 4 nitrogen and oxygen atoms in total. The highest BCUT2D eigenvalue weighted by molar-refractivity contribution is 5.67. The molecule has 1 aliphatic heterocycles. The molecular formula is C10H19NO3. The highest BCUT2D eigenvalue weighted by atomic mass is 16.6. The Kier molecular flexibility index (Phi) is 3.37. The number of carbonyl (C=O) groups is 1. The first-order valence-electron chi connectivity index (χ1n) is 4.97. The van der Waals surface area contributed by atoms with Crippen LogP contribution in [0.15, 0.2) is 0 Å². The zero-order chi connectivity index (χ0) is 10.8. The van der Waals surface area contributed by atoms with Gasteiger partial charge in [-0.05, 0) is 33.6 Å². The molecule has 0 aromatic rings. The summed E-state index contributed by atoms with van der Waals surface area (Å²) in [4.78, 5) is 13.1. The standard InChI is InChI=1S/C10H19NO3/c1-10(2,3)14-9(12)11(4)8-6-5-7-13-8/h8H,5-7H2,1-4H3. The van der Waals surface area contributed by atoms with Crippen molar-refractivity contribution in [2.45, 2.75) is 45.4 Å². The van der Waals surface area contributed by atoms with Crippen LogP contribution in [0.1, 0.15) is 33.6 Å². The van der Waals surface area contributed by atoms with E-state index in [0.29, 0.717) is 0 Å². The second-order valence-electron chi connectivity index (χ2n) is 4.56. The minimum atomic E-state index is -0.441. The van der Waals surface area contributed by atoms with E-state index in [1.807, 2.05) is 20.8 Å². The van der Waals surface area contributed by atoms with Gasteiger partial charge in [0.1, 0.15) is 11.8 Å². The number of carbonyl (C=O) groups excluding carboxylic acids is 1. The van der Waals surface area contributed by atoms with Gasteiger partial charge in [0.2, 0.25) is 0 Å². The van der Waals surface area contributed by atoms with Crippen molar-refractivity contribution < 1.29 is 14.3 Å². The van der Waals surface area contributed by atoms with Gasteiger partial charge in [0, 0.05) is 13.7 Å². The molecule has 1 fully saturated rings. The van der Waals surface area contributed by atoms with Crippen LogP contribution in [0.3, 0.4) is 0 Å². The zero-order valence-corrected chi connectivity index (χ0v) is 9.37. The summed E-state index contributed by atoms with van der Waals surface area (Å²) in [5, 5.41) is 0. The largest absolute Gasteiger partial charge is 0.444 e. The third-order valence-electron chi connectivity index (χ3n) is 2.02. The predicted octanol–water partition coefficient (Wildman–Crippen LogP) is 1.99. The Morgan fingerprint density at radius 3 is 2.57 bits per heavy atom. The van der Waals surface area contributed by atoms with Gasteiger partial charge in [0.05, 0.1) is 0 Å². The van der Waals surface area contributed by atoms with Gasteiger partial charge in [0.25, 0.3) is 0 Å². The molecule has 0 aliphatic carbocycles. The van der Waals surface area contributed by atoms with E-state index in [4.69, 9.17) is 9.47 Å². The van der Waals surface area contributed by atoms with E-state index >= 15 is 0 Å². The van der Waals surface area contributed by atoms with Crippen molar-refractivity contribution in [3.05, 3.63) is 0 Å². The highest BCUT2D eigenvalue weighted by Gasteiger charge is 2.27. The van der Waals surface area contributed by atoms with Crippen LogP contribution < -0.4 is 0 Å². The van der Waals surface area contributed by atoms with E-state index in [-0.39, 0.29) is 12.3 Å². The van der Waals surface area contributed by atoms with Crippen molar-refractivity contribution in [2.75, 3.05) is 13.7 Å². The Bertz CT molecular complexity index is 204. The van der Waals surface area contributed by atoms with Gasteiger partial charge in [-0.15, -0.1) is 0 Å². The van der Waals surface area contributed by atoms with Crippen LogP contribution in [0, 0.1) is 0 Å². The number of amides is 1. The predicted molar refractivity (Wildman–Crippen MR) is 53.0 cm³/mol. The van der Waals surface area contributed by atoms with Crippen LogP contribution >= 0.6 is 0 Å². The van der Waals surface area contributed by atoms with Crippen LogP contribution in [0.2, 0.25) is 0 Å². The van der Waals surface area contributed by atoms with E-state index in [0.717, 1.165) is 19.4 Å². The number of hydrogen-bond acceptors (Lipinski definition) is 3. The van der Waals surface area contributed by atoms with Crippen molar-refractivity contribution in [2.24, 2.45) is 0 Å². The lowest BCUT2D eigenvalue weighted by molar-refractivity contribution is -0.0310. The lowest BCUT2D eigenvalue weighted by atomic mass is 10.2. The summed E-state index contributed by atoms with van der Waals surface area (Å²) >= 11 is 0. The lowest BCUT2D eigenvalue weighted by Gasteiger charge is -2.27. The normalized spacial score (nSPS) is 22.1. The summed E-state index contributed by atoms with van der Waals surface area (Å²) in [6.45, 7) is 6.30. The fraction of sp³-hybridized carbons (Fsp3) is 0.900. The molecule has 1 heterocycles. The van der Waals surface area contributed by atoms with E-state index in [1.54, 1.807) is 7.05 Å². The molecule has 1 saturated heterocycles. The summed E-state index contributed by atoms with van der Waals surface area (Å²) in [6, 6.07) is 0. The average Bonchev–Trinajstić information content (AvgIpc) is 2.51. The van der Waals surface area contributed by atoms with Gasteiger partial charge in [-0.25, -0.2) is 4.79 Å². The molecule has 1 atom stereocenters. The Balaban J connectivity index is 2.43. The van der Waals surface area contributed by atoms with E-state index in [1.165, 1.54) is 4.90 Å². The molecule has 1 aliphatic rings. The van der Waals surface area contributed by atoms with Crippen molar-refractivity contribution in [1.82, 2.24) is 4.90 Å². The number of ether oxygens (including phenoxy) is 2. The van der Waals surface area contributed by atoms with Gasteiger partial charge in [-0.2, -0.15) is 0 Å². The van der Waals surface area contributed by atoms with Crippen LogP contribution in [0.5, 0.6) is 0 Å². The van der Waals surface area contributed by atoms with Crippen LogP contribution in [-0.2, 0) is 9.47 Å². The summed E-state index contributed by atoms with van der Waals surface area (Å²) in [5.41, 5.74) is -0.441. The topological polar surface area (TPSA) is 38.8 Å². The van der Waals surface area contributed by atoms with Crippen LogP contribution in [0.4, 0.5) is 4.79 Å². The molecule has 14 heavy (non-hydrogen) atoms. The number of nitrogens with zero attached hydrogens (tertiary/aromatic N) is 1. The molecule has 0 spiro atoms. The fourth-order valence-corrected chi connectivity index (χ4v) is 1.32. The molecule has 0 aromatic heterocycles. The molecular weight excluding hydrogens is 182 g/mol. The molecule has 0 saturated carbocycles. The quantitative estimate of drug-likeness (QED) is 0.651. The van der Waals surface area contributed by atoms with Gasteiger partial charge in [0.15, 0.2) is 0 Å². The molecule has 82 valence electrons. The van der Waals surface area contributed by atoms with Crippen molar-refractivity contribution in [3.8, 4) is 0 Å². The van der Waals surface area contributed by atoms with E-state index in [9.17, 15) is 4.79 Å². The maximum Gasteiger partial charge on any atom is 0.412 e. The first-order valence-corrected chi connectivity index (χ1v) is 4.97. The highest BCUT2D eigenvalue weighted by Crippen LogP contribution is 2.17. The first-order chi connectivity index (χ1) is 6.40. The third-order valence-corrected chi connectivity index (χ3v) is 2.02. The second-order valence-corrected chi connectivity index (χ2v) is 4.56. The molecule has 0 aromatic carbocycles. The lowest BCUT2D eigenvalue weighted by Crippen LogP contribution is -2.40. The van der Waals surface area contributed by atoms with Gasteiger partial charge < -0.3 is 9.47 Å². The Labute approximate surface area is 85.2 Å². The zero-order valence-electron chi connectivity index (χ0n) is 9.37. The molecule has 1 amide bonds. The minimum Gasteiger partial charge on any atom is -0.444 e. The number of hydrogen-bond donors (Lipinski definition) is 0. The van der Waals surface area contributed by atoms with Crippen LogP contribution in [0.25, 0.3) is 0 Å². The van der Waals surface area contributed by atoms with Crippen molar-refractivity contribution in [1.29, 1.82) is 0 Å². The number of rotatable bonds is 1. The molecule has 0 radical (unpaired) electrons. The Hall–Kier alpha value is -0.770. The smallest absolute Gasteiger partial charge is 0.412 e. The van der Waals surface area contributed by atoms with Gasteiger partial charge >= 0.3 is 6.09 Å². The SMILES string of the molecule is CN(C(=O)OC(C)(C)C)C1CCCO1. The Morgan fingerprint density at radius 2 is 2.14 bits per heavy atom. The van der Waals surface area contributed by atoms with Gasteiger partial charge in [-0.3, -0.25) is 4.90 Å². The third kappa shape index (κ3) is 3.18. The summed E-state index contributed by atoms with van der Waals surface area (Å²) in [5.74, 6) is 0. The van der Waals surface area contributed by atoms with Crippen LogP contribution in [-0.4, -0.2) is 36.5 Å². The summed E-state index contributed by atoms with van der Waals surface area (Å²) in [6.07, 6.45) is 1.49. The Morgan fingerprint density at radius 1 is 1.50 bits per heavy atom. The molecule has 0 bridgehead atoms. The summed E-state index contributed by atoms with van der Waals surface area (Å²) < 4.78 is 10.6. The fourth-order valence-electron chi connectivity index (χ4n) is 1.32. The molecule has 1 unspecified atom stereocenters. The van der Waals surface area contributed by atoms with E-state index in [2.05, 4.69) is 0 Å².